The maximum absolute atomic E-state index is 2.96. The van der Waals surface area contributed by atoms with Crippen LogP contribution in [0, 0.1) is 17.8 Å². The summed E-state index contributed by atoms with van der Waals surface area (Å²) in [5.41, 5.74) is 6.85. The molecule has 0 amide bonds. The minimum atomic E-state index is 0.305. The van der Waals surface area contributed by atoms with Gasteiger partial charge in [0.1, 0.15) is 0 Å². The maximum atomic E-state index is 2.96. The van der Waals surface area contributed by atoms with Gasteiger partial charge in [0.05, 0.1) is 0 Å². The van der Waals surface area contributed by atoms with Crippen LogP contribution in [0.3, 0.4) is 0 Å². The number of hydrogen-bond donors (Lipinski definition) is 0. The molecule has 2 heterocycles. The number of allylic oxidation sites excluding steroid dienone is 1. The van der Waals surface area contributed by atoms with Gasteiger partial charge in [0, 0.05) is 30.9 Å². The molecule has 1 saturated heterocycles. The predicted molar refractivity (Wildman–Crippen MR) is 132 cm³/mol. The van der Waals surface area contributed by atoms with Crippen LogP contribution in [0.25, 0.3) is 0 Å². The molecule has 32 heavy (non-hydrogen) atoms. The van der Waals surface area contributed by atoms with Crippen molar-refractivity contribution in [2.45, 2.75) is 70.5 Å². The van der Waals surface area contributed by atoms with E-state index in [9.17, 15) is 0 Å². The van der Waals surface area contributed by atoms with E-state index in [1.807, 2.05) is 5.57 Å². The van der Waals surface area contributed by atoms with E-state index in [-0.39, 0.29) is 0 Å². The number of piperidine rings is 1. The summed E-state index contributed by atoms with van der Waals surface area (Å²) >= 11 is 0. The molecule has 4 aliphatic rings. The molecule has 0 aromatic heterocycles. The fraction of sp³-hybridized carbons (Fsp3) is 0.533. The van der Waals surface area contributed by atoms with Gasteiger partial charge >= 0.3 is 0 Å². The largest absolute Gasteiger partial charge is 0.370 e. The van der Waals surface area contributed by atoms with Crippen LogP contribution in [0.5, 0.6) is 0 Å². The van der Waals surface area contributed by atoms with Crippen molar-refractivity contribution in [3.8, 4) is 0 Å². The summed E-state index contributed by atoms with van der Waals surface area (Å²) in [6.45, 7) is 7.24. The summed E-state index contributed by atoms with van der Waals surface area (Å²) in [7, 11) is 0. The van der Waals surface area contributed by atoms with Crippen molar-refractivity contribution < 1.29 is 0 Å². The highest BCUT2D eigenvalue weighted by atomic mass is 15.2. The molecule has 2 bridgehead atoms. The lowest BCUT2D eigenvalue weighted by atomic mass is 9.52. The van der Waals surface area contributed by atoms with E-state index in [2.05, 4.69) is 77.4 Å². The topological polar surface area (TPSA) is 6.48 Å². The van der Waals surface area contributed by atoms with Gasteiger partial charge in [0.2, 0.25) is 0 Å². The Bertz CT molecular complexity index is 965. The number of benzene rings is 2. The molecule has 2 aliphatic heterocycles. The van der Waals surface area contributed by atoms with Crippen LogP contribution in [0.15, 0.2) is 71.9 Å². The molecular weight excluding hydrogens is 388 g/mol. The maximum Gasteiger partial charge on any atom is 0.0477 e. The van der Waals surface area contributed by atoms with Crippen molar-refractivity contribution >= 4 is 0 Å². The number of hydrogen-bond acceptors (Lipinski definition) is 2. The van der Waals surface area contributed by atoms with E-state index in [1.165, 1.54) is 69.2 Å². The van der Waals surface area contributed by atoms with Gasteiger partial charge in [-0.3, -0.25) is 4.90 Å². The first kappa shape index (κ1) is 20.5. The SMILES string of the molecule is CC1C[C@H]2CC3=C(CCCN3Cc3ccccc3)[C@@]3(C1)C2CCCN3Cc1ccccc1. The third-order valence-electron chi connectivity index (χ3n) is 9.05. The lowest BCUT2D eigenvalue weighted by Gasteiger charge is -2.64. The molecule has 2 aliphatic carbocycles. The fourth-order valence-corrected chi connectivity index (χ4v) is 8.03. The van der Waals surface area contributed by atoms with Gasteiger partial charge in [-0.1, -0.05) is 67.6 Å². The Hall–Kier alpha value is -2.06. The molecule has 0 N–H and O–H groups in total. The van der Waals surface area contributed by atoms with Gasteiger partial charge in [0.25, 0.3) is 0 Å². The van der Waals surface area contributed by atoms with Gasteiger partial charge in [0.15, 0.2) is 0 Å². The molecule has 2 nitrogen and oxygen atoms in total. The highest BCUT2D eigenvalue weighted by Crippen LogP contribution is 2.60. The van der Waals surface area contributed by atoms with E-state index in [0.29, 0.717) is 5.54 Å². The highest BCUT2D eigenvalue weighted by Gasteiger charge is 2.58. The van der Waals surface area contributed by atoms with Gasteiger partial charge in [-0.05, 0) is 85.9 Å². The number of rotatable bonds is 4. The molecule has 6 rings (SSSR count). The second-order valence-corrected chi connectivity index (χ2v) is 11.0. The standard InChI is InChI=1S/C30H38N2/c1-23-18-26-19-29-28(15-8-16-31(29)21-24-10-4-2-5-11-24)30(20-23)27(26)14-9-17-32(30)22-25-12-6-3-7-13-25/h2-7,10-13,23,26-27H,8-9,14-22H2,1H3/t23?,26-,27?,30+/m0/s1. The zero-order chi connectivity index (χ0) is 21.5. The first-order valence-corrected chi connectivity index (χ1v) is 13.0. The molecule has 2 heteroatoms. The monoisotopic (exact) mass is 426 g/mol. The molecular formula is C30H38N2. The predicted octanol–water partition coefficient (Wildman–Crippen LogP) is 6.64. The molecule has 2 fully saturated rings. The van der Waals surface area contributed by atoms with Crippen molar-refractivity contribution in [2.24, 2.45) is 17.8 Å². The third-order valence-corrected chi connectivity index (χ3v) is 9.05. The summed E-state index contributed by atoms with van der Waals surface area (Å²) < 4.78 is 0. The van der Waals surface area contributed by atoms with Crippen LogP contribution in [0.2, 0.25) is 0 Å². The molecule has 2 aromatic rings. The minimum absolute atomic E-state index is 0.305. The normalized spacial score (nSPS) is 32.4. The second-order valence-electron chi connectivity index (χ2n) is 11.0. The quantitative estimate of drug-likeness (QED) is 0.541. The third kappa shape index (κ3) is 3.43. The Labute approximate surface area is 194 Å². The summed E-state index contributed by atoms with van der Waals surface area (Å²) in [6, 6.07) is 22.4. The Morgan fingerprint density at radius 2 is 1.59 bits per heavy atom. The highest BCUT2D eigenvalue weighted by molar-refractivity contribution is 5.37. The lowest BCUT2D eigenvalue weighted by molar-refractivity contribution is -0.0756. The smallest absolute Gasteiger partial charge is 0.0477 e. The Balaban J connectivity index is 1.42. The van der Waals surface area contributed by atoms with E-state index in [0.717, 1.165) is 30.8 Å². The van der Waals surface area contributed by atoms with E-state index in [1.54, 1.807) is 5.70 Å². The fourth-order valence-electron chi connectivity index (χ4n) is 8.03. The average Bonchev–Trinajstić information content (AvgIpc) is 2.81. The van der Waals surface area contributed by atoms with Crippen molar-refractivity contribution in [2.75, 3.05) is 13.1 Å². The van der Waals surface area contributed by atoms with E-state index < -0.39 is 0 Å². The molecule has 0 radical (unpaired) electrons. The molecule has 4 atom stereocenters. The van der Waals surface area contributed by atoms with Crippen LogP contribution in [0.1, 0.15) is 63.0 Å². The lowest BCUT2D eigenvalue weighted by Crippen LogP contribution is -2.65. The van der Waals surface area contributed by atoms with Gasteiger partial charge in [-0.2, -0.15) is 0 Å². The van der Waals surface area contributed by atoms with Crippen molar-refractivity contribution in [3.05, 3.63) is 83.1 Å². The Kier molecular flexibility index (Phi) is 5.38. The van der Waals surface area contributed by atoms with Crippen LogP contribution < -0.4 is 0 Å². The van der Waals surface area contributed by atoms with Crippen LogP contribution in [0.4, 0.5) is 0 Å². The van der Waals surface area contributed by atoms with Crippen LogP contribution >= 0.6 is 0 Å². The first-order chi connectivity index (χ1) is 15.7. The van der Waals surface area contributed by atoms with E-state index >= 15 is 0 Å². The molecule has 2 unspecified atom stereocenters. The van der Waals surface area contributed by atoms with Crippen molar-refractivity contribution in [1.29, 1.82) is 0 Å². The zero-order valence-electron chi connectivity index (χ0n) is 19.7. The van der Waals surface area contributed by atoms with Crippen LogP contribution in [-0.4, -0.2) is 28.4 Å². The van der Waals surface area contributed by atoms with E-state index in [4.69, 9.17) is 0 Å². The summed E-state index contributed by atoms with van der Waals surface area (Å²) in [5.74, 6) is 2.57. The minimum Gasteiger partial charge on any atom is -0.370 e. The summed E-state index contributed by atoms with van der Waals surface area (Å²) in [6.07, 6.45) is 9.59. The van der Waals surface area contributed by atoms with Gasteiger partial charge in [-0.15, -0.1) is 0 Å². The molecule has 2 aromatic carbocycles. The Morgan fingerprint density at radius 3 is 2.34 bits per heavy atom. The molecule has 1 saturated carbocycles. The van der Waals surface area contributed by atoms with Crippen molar-refractivity contribution in [1.82, 2.24) is 9.80 Å². The second kappa shape index (κ2) is 8.37. The van der Waals surface area contributed by atoms with Gasteiger partial charge in [-0.25, -0.2) is 0 Å². The molecule has 168 valence electrons. The van der Waals surface area contributed by atoms with Gasteiger partial charge < -0.3 is 4.90 Å². The summed E-state index contributed by atoms with van der Waals surface area (Å²) in [4.78, 5) is 5.74. The Morgan fingerprint density at radius 1 is 0.875 bits per heavy atom. The number of likely N-dealkylation sites (tertiary alicyclic amines) is 1. The first-order valence-electron chi connectivity index (χ1n) is 13.0. The van der Waals surface area contributed by atoms with Crippen LogP contribution in [-0.2, 0) is 13.1 Å². The van der Waals surface area contributed by atoms with Crippen molar-refractivity contribution in [3.63, 3.8) is 0 Å². The summed E-state index contributed by atoms with van der Waals surface area (Å²) in [5, 5.41) is 0. The zero-order valence-corrected chi connectivity index (χ0v) is 19.7. The average molecular weight is 427 g/mol. The number of nitrogens with zero attached hydrogens (tertiary/aromatic N) is 2. The molecule has 0 spiro atoms.